The van der Waals surface area contributed by atoms with E-state index in [9.17, 15) is 21.3 Å². The fourth-order valence-electron chi connectivity index (χ4n) is 0.601. The molecule has 2 unspecified atom stereocenters. The van der Waals surface area contributed by atoms with Crippen molar-refractivity contribution in [3.63, 3.8) is 0 Å². The summed E-state index contributed by atoms with van der Waals surface area (Å²) in [5.74, 6) is 0. The van der Waals surface area contributed by atoms with Gasteiger partial charge >= 0.3 is 24.9 Å². The van der Waals surface area contributed by atoms with Crippen LogP contribution in [0, 0.1) is 0 Å². The van der Waals surface area contributed by atoms with Gasteiger partial charge in [-0.15, -0.1) is 4.48 Å². The summed E-state index contributed by atoms with van der Waals surface area (Å²) in [6, 6.07) is 0. The van der Waals surface area contributed by atoms with Gasteiger partial charge in [0.2, 0.25) is 0 Å². The molecule has 0 aromatic rings. The molecule has 2 atom stereocenters. The fourth-order valence-corrected chi connectivity index (χ4v) is 4.90. The van der Waals surface area contributed by atoms with Gasteiger partial charge in [-0.2, -0.15) is 21.3 Å². The van der Waals surface area contributed by atoms with Crippen LogP contribution in [0.2, 0.25) is 0 Å². The highest BCUT2D eigenvalue weighted by Crippen LogP contribution is 2.80. The lowest BCUT2D eigenvalue weighted by Gasteiger charge is -2.30. The van der Waals surface area contributed by atoms with Crippen molar-refractivity contribution in [2.24, 2.45) is 4.52 Å². The minimum atomic E-state index is -5.35. The first kappa shape index (κ1) is 12.7. The smallest absolute Gasteiger partial charge is 0.283 e. The third-order valence-corrected chi connectivity index (χ3v) is 5.94. The topological polar surface area (TPSA) is 28.1 Å². The Morgan fingerprint density at radius 3 is 2.50 bits per heavy atom. The minimum Gasteiger partial charge on any atom is -0.283 e. The van der Waals surface area contributed by atoms with E-state index in [2.05, 4.69) is 9.35 Å². The summed E-state index contributed by atoms with van der Waals surface area (Å²) in [6.45, 7) is 1.05. The monoisotopic (exact) mass is 275 g/mol. The summed E-state index contributed by atoms with van der Waals surface area (Å²) >= 11 is 0. The van der Waals surface area contributed by atoms with Crippen LogP contribution in [0.15, 0.2) is 4.52 Å². The molecule has 0 bridgehead atoms. The summed E-state index contributed by atoms with van der Waals surface area (Å²) in [5, 5.41) is 0. The summed E-state index contributed by atoms with van der Waals surface area (Å²) in [7, 11) is -12.6. The molecule has 84 valence electrons. The maximum Gasteiger partial charge on any atom is 0.403 e. The molecule has 0 spiro atoms. The fraction of sp³-hybridized carbons (Fsp3) is 1.00. The minimum absolute atomic E-state index is 0.272. The van der Waals surface area contributed by atoms with Crippen molar-refractivity contribution in [1.29, 1.82) is 0 Å². The molecule has 0 saturated carbocycles. The van der Waals surface area contributed by atoms with Gasteiger partial charge in [-0.3, -0.25) is 4.84 Å². The molecular weight excluding hydrogens is 270 g/mol. The van der Waals surface area contributed by atoms with E-state index in [-0.39, 0.29) is 6.61 Å². The molecule has 1 aliphatic rings. The van der Waals surface area contributed by atoms with Crippen molar-refractivity contribution in [3.05, 3.63) is 0 Å². The van der Waals surface area contributed by atoms with Gasteiger partial charge in [0.25, 0.3) is 0 Å². The van der Waals surface area contributed by atoms with Crippen molar-refractivity contribution in [2.75, 3.05) is 6.61 Å². The third kappa shape index (κ3) is 2.40. The molecule has 14 heavy (non-hydrogen) atoms. The lowest BCUT2D eigenvalue weighted by molar-refractivity contribution is -0.0242. The van der Waals surface area contributed by atoms with Crippen molar-refractivity contribution in [2.45, 2.75) is 6.92 Å². The van der Waals surface area contributed by atoms with Gasteiger partial charge in [0, 0.05) is 0 Å². The highest BCUT2D eigenvalue weighted by atomic mass is 31.3. The van der Waals surface area contributed by atoms with Gasteiger partial charge in [-0.05, 0) is 16.2 Å². The maximum atomic E-state index is 12.9. The molecule has 1 aliphatic heterocycles. The van der Waals surface area contributed by atoms with Gasteiger partial charge in [-0.25, -0.2) is 0 Å². The number of hydrogen-bond donors (Lipinski definition) is 0. The van der Waals surface area contributed by atoms with E-state index in [4.69, 9.17) is 0 Å². The molecule has 0 fully saturated rings. The Hall–Kier alpha value is 0.620. The predicted octanol–water partition coefficient (Wildman–Crippen LogP) is 4.72. The quantitative estimate of drug-likeness (QED) is 0.414. The van der Waals surface area contributed by atoms with E-state index < -0.39 is 34.2 Å². The highest BCUT2D eigenvalue weighted by Gasteiger charge is 2.50. The van der Waals surface area contributed by atoms with E-state index in [1.165, 1.54) is 6.92 Å². The van der Waals surface area contributed by atoms with Crippen LogP contribution < -0.4 is 0 Å². The van der Waals surface area contributed by atoms with Crippen LogP contribution in [-0.2, 0) is 4.84 Å². The van der Waals surface area contributed by atoms with E-state index >= 15 is 0 Å². The van der Waals surface area contributed by atoms with Gasteiger partial charge in [-0.1, -0.05) is 0 Å². The Kier molecular flexibility index (Phi) is 4.21. The second kappa shape index (κ2) is 4.64. The second-order valence-electron chi connectivity index (χ2n) is 1.94. The van der Waals surface area contributed by atoms with Crippen LogP contribution in [0.4, 0.5) is 21.3 Å². The van der Waals surface area contributed by atoms with E-state index in [1.54, 1.807) is 0 Å². The Morgan fingerprint density at radius 1 is 1.43 bits per heavy atom. The van der Waals surface area contributed by atoms with Crippen molar-refractivity contribution < 1.29 is 26.1 Å². The van der Waals surface area contributed by atoms with Crippen LogP contribution in [0.3, 0.4) is 0 Å². The second-order valence-corrected chi connectivity index (χ2v) is 6.59. The van der Waals surface area contributed by atoms with Gasteiger partial charge < -0.3 is 0 Å². The molecule has 0 aromatic carbocycles. The van der Waals surface area contributed by atoms with Crippen LogP contribution in [-0.4, -0.2) is 15.9 Å². The first-order chi connectivity index (χ1) is 6.40. The van der Waals surface area contributed by atoms with Crippen molar-refractivity contribution in [1.82, 2.24) is 9.27 Å². The van der Waals surface area contributed by atoms with Crippen molar-refractivity contribution in [3.8, 4) is 0 Å². The number of hydrogen-bond acceptors (Lipinski definition) is 4. The summed E-state index contributed by atoms with van der Waals surface area (Å²) in [6.07, 6.45) is 0. The Labute approximate surface area is 79.2 Å². The molecule has 0 N–H and O–H groups in total. The van der Waals surface area contributed by atoms with Crippen LogP contribution >= 0.6 is 24.9 Å². The molecule has 0 saturated heterocycles. The van der Waals surface area contributed by atoms with Gasteiger partial charge in [0.05, 0.1) is 6.61 Å². The molecule has 0 amide bonds. The normalized spacial score (nSPS) is 34.1. The zero-order valence-electron chi connectivity index (χ0n) is 6.69. The standard InChI is InChI=1S/C2H5F5N3OP3/c1-2-11-10-13(5)9(3)12(4)8-14(10,6)7/h2H2,1H3. The lowest BCUT2D eigenvalue weighted by Crippen LogP contribution is -2.18. The first-order valence-electron chi connectivity index (χ1n) is 3.22. The van der Waals surface area contributed by atoms with Crippen molar-refractivity contribution >= 4 is 24.9 Å². The SMILES string of the molecule is CCON1P(F)N(F)P(F)N=P1(F)F. The molecule has 12 heteroatoms. The first-order valence-corrected chi connectivity index (χ1v) is 6.98. The van der Waals surface area contributed by atoms with Gasteiger partial charge in [0.1, 0.15) is 0 Å². The maximum absolute atomic E-state index is 12.9. The average Bonchev–Trinajstić information content (AvgIpc) is 2.08. The molecule has 0 aliphatic carbocycles. The Bertz CT molecular complexity index is 261. The Morgan fingerprint density at radius 2 is 2.00 bits per heavy atom. The largest absolute Gasteiger partial charge is 0.403 e. The number of halogens is 5. The molecule has 1 heterocycles. The lowest BCUT2D eigenvalue weighted by atomic mass is 10.9. The molecular formula is C2H5F5N3OP3. The highest BCUT2D eigenvalue weighted by molar-refractivity contribution is 7.77. The van der Waals surface area contributed by atoms with Gasteiger partial charge in [0.15, 0.2) is 0 Å². The average molecular weight is 275 g/mol. The summed E-state index contributed by atoms with van der Waals surface area (Å²) in [5.41, 5.74) is 0. The van der Waals surface area contributed by atoms with E-state index in [0.717, 1.165) is 0 Å². The third-order valence-electron chi connectivity index (χ3n) is 1.05. The van der Waals surface area contributed by atoms with Crippen LogP contribution in [0.25, 0.3) is 0 Å². The predicted molar refractivity (Wildman–Crippen MR) is 44.0 cm³/mol. The summed E-state index contributed by atoms with van der Waals surface area (Å²) in [4.78, 5) is 4.18. The molecule has 1 rings (SSSR count). The summed E-state index contributed by atoms with van der Waals surface area (Å²) < 4.78 is 64.3. The van der Waals surface area contributed by atoms with E-state index in [0.29, 0.717) is 0 Å². The Balaban J connectivity index is 2.97. The molecule has 0 radical (unpaired) electrons. The zero-order chi connectivity index (χ0) is 10.9. The molecule has 0 aromatic heterocycles. The number of nitrogens with zero attached hydrogens (tertiary/aromatic N) is 3. The number of rotatable bonds is 2. The molecule has 4 nitrogen and oxygen atoms in total. The van der Waals surface area contributed by atoms with E-state index in [1.807, 2.05) is 0 Å². The van der Waals surface area contributed by atoms with Crippen LogP contribution in [0.5, 0.6) is 0 Å². The van der Waals surface area contributed by atoms with Crippen LogP contribution in [0.1, 0.15) is 6.92 Å². The zero-order valence-corrected chi connectivity index (χ0v) is 9.37.